The van der Waals surface area contributed by atoms with Crippen LogP contribution in [-0.2, 0) is 0 Å². The first-order chi connectivity index (χ1) is 6.61. The van der Waals surface area contributed by atoms with Gasteiger partial charge in [0.2, 0.25) is 0 Å². The summed E-state index contributed by atoms with van der Waals surface area (Å²) in [5, 5.41) is 9.71. The van der Waals surface area contributed by atoms with Crippen molar-refractivity contribution in [1.29, 1.82) is 0 Å². The molecule has 0 aliphatic heterocycles. The second-order valence-corrected chi connectivity index (χ2v) is 3.43. The van der Waals surface area contributed by atoms with Crippen LogP contribution in [0.5, 0.6) is 5.75 Å². The Bertz CT molecular complexity index is 560. The third-order valence-corrected chi connectivity index (χ3v) is 2.63. The van der Waals surface area contributed by atoms with Gasteiger partial charge in [0.25, 0.3) is 0 Å². The van der Waals surface area contributed by atoms with Crippen molar-refractivity contribution in [2.75, 3.05) is 0 Å². The first kappa shape index (κ1) is 9.37. The van der Waals surface area contributed by atoms with Crippen molar-refractivity contribution >= 4 is 34.2 Å². The molecule has 1 aromatic carbocycles. The number of phenolic OH excluding ortho intramolecular Hbond substituents is 1. The highest BCUT2D eigenvalue weighted by molar-refractivity contribution is 6.44. The topological polar surface area (TPSA) is 50.4 Å². The molecular weight excluding hydrogens is 227 g/mol. The summed E-state index contributed by atoms with van der Waals surface area (Å²) >= 11 is 11.4. The molecule has 0 saturated heterocycles. The largest absolute Gasteiger partial charge is 0.504 e. The molecule has 0 atom stereocenters. The lowest BCUT2D eigenvalue weighted by molar-refractivity contribution is 0.457. The molecule has 0 aliphatic rings. The van der Waals surface area contributed by atoms with Crippen LogP contribution >= 0.6 is 23.2 Å². The van der Waals surface area contributed by atoms with Gasteiger partial charge in [-0.2, -0.15) is 0 Å². The zero-order valence-electron chi connectivity index (χ0n) is 6.75. The van der Waals surface area contributed by atoms with Crippen LogP contribution in [0.2, 0.25) is 10.0 Å². The van der Waals surface area contributed by atoms with Gasteiger partial charge in [0.1, 0.15) is 5.02 Å². The molecule has 1 N–H and O–H groups in total. The average molecular weight is 231 g/mol. The Morgan fingerprint density at radius 2 is 1.93 bits per heavy atom. The molecule has 5 heteroatoms. The monoisotopic (exact) mass is 230 g/mol. The summed E-state index contributed by atoms with van der Waals surface area (Å²) < 4.78 is 4.78. The summed E-state index contributed by atoms with van der Waals surface area (Å²) in [5.41, 5.74) is -0.711. The van der Waals surface area contributed by atoms with Crippen molar-refractivity contribution in [3.63, 3.8) is 0 Å². The van der Waals surface area contributed by atoms with Crippen LogP contribution < -0.4 is 5.63 Å². The number of para-hydroxylation sites is 1. The highest BCUT2D eigenvalue weighted by atomic mass is 35.5. The van der Waals surface area contributed by atoms with E-state index in [1.165, 1.54) is 6.07 Å². The molecule has 0 spiro atoms. The Hall–Kier alpha value is -1.19. The van der Waals surface area contributed by atoms with Crippen molar-refractivity contribution in [3.8, 4) is 5.75 Å². The predicted molar refractivity (Wildman–Crippen MR) is 54.2 cm³/mol. The molecule has 2 rings (SSSR count). The van der Waals surface area contributed by atoms with Crippen LogP contribution in [0.15, 0.2) is 27.4 Å². The van der Waals surface area contributed by atoms with E-state index in [9.17, 15) is 9.90 Å². The first-order valence-corrected chi connectivity index (χ1v) is 4.46. The van der Waals surface area contributed by atoms with E-state index in [0.29, 0.717) is 5.39 Å². The number of halogens is 2. The van der Waals surface area contributed by atoms with E-state index in [0.717, 1.165) is 0 Å². The predicted octanol–water partition coefficient (Wildman–Crippen LogP) is 2.81. The van der Waals surface area contributed by atoms with E-state index in [4.69, 9.17) is 27.6 Å². The van der Waals surface area contributed by atoms with Gasteiger partial charge < -0.3 is 9.52 Å². The van der Waals surface area contributed by atoms with Crippen LogP contribution in [0.4, 0.5) is 0 Å². The summed E-state index contributed by atoms with van der Waals surface area (Å²) in [5.74, 6) is -0.141. The Balaban J connectivity index is 3.06. The molecule has 1 heterocycles. The Labute approximate surface area is 88.5 Å². The number of hydrogen-bond donors (Lipinski definition) is 1. The van der Waals surface area contributed by atoms with Gasteiger partial charge in [0.05, 0.1) is 5.02 Å². The number of phenols is 1. The molecule has 0 unspecified atom stereocenters. The van der Waals surface area contributed by atoms with Gasteiger partial charge in [-0.05, 0) is 12.1 Å². The van der Waals surface area contributed by atoms with Gasteiger partial charge in [-0.25, -0.2) is 4.79 Å². The minimum atomic E-state index is -0.759. The van der Waals surface area contributed by atoms with Crippen molar-refractivity contribution in [1.82, 2.24) is 0 Å². The van der Waals surface area contributed by atoms with Crippen molar-refractivity contribution in [3.05, 3.63) is 38.7 Å². The number of rotatable bonds is 0. The summed E-state index contributed by atoms with van der Waals surface area (Å²) in [7, 11) is 0. The lowest BCUT2D eigenvalue weighted by Gasteiger charge is -2.01. The highest BCUT2D eigenvalue weighted by Gasteiger charge is 2.12. The van der Waals surface area contributed by atoms with Gasteiger partial charge in [-0.1, -0.05) is 29.3 Å². The van der Waals surface area contributed by atoms with E-state index in [1.807, 2.05) is 0 Å². The first-order valence-electron chi connectivity index (χ1n) is 3.71. The molecule has 14 heavy (non-hydrogen) atoms. The minimum absolute atomic E-state index is 0.0481. The summed E-state index contributed by atoms with van der Waals surface area (Å²) in [6.45, 7) is 0. The van der Waals surface area contributed by atoms with E-state index in [-0.39, 0.29) is 21.4 Å². The van der Waals surface area contributed by atoms with Crippen molar-refractivity contribution in [2.24, 2.45) is 0 Å². The average Bonchev–Trinajstić information content (AvgIpc) is 2.17. The number of fused-ring (bicyclic) bond motifs is 1. The third kappa shape index (κ3) is 1.25. The number of benzene rings is 1. The number of aromatic hydroxyl groups is 1. The standard InChI is InChI=1S/C9H4Cl2O3/c10-6-4-2-1-3-5(12)8(4)14-9(13)7(6)11/h1-3,12H. The zero-order valence-corrected chi connectivity index (χ0v) is 8.26. The van der Waals surface area contributed by atoms with Crippen LogP contribution in [0.1, 0.15) is 0 Å². The molecule has 1 aromatic heterocycles. The normalized spacial score (nSPS) is 10.7. The Morgan fingerprint density at radius 3 is 2.64 bits per heavy atom. The van der Waals surface area contributed by atoms with Gasteiger partial charge in [0, 0.05) is 5.39 Å². The van der Waals surface area contributed by atoms with Crippen LogP contribution in [-0.4, -0.2) is 5.11 Å². The molecule has 2 aromatic rings. The van der Waals surface area contributed by atoms with E-state index in [2.05, 4.69) is 0 Å². The maximum Gasteiger partial charge on any atom is 0.356 e. The van der Waals surface area contributed by atoms with E-state index >= 15 is 0 Å². The van der Waals surface area contributed by atoms with E-state index in [1.54, 1.807) is 12.1 Å². The highest BCUT2D eigenvalue weighted by Crippen LogP contribution is 2.31. The van der Waals surface area contributed by atoms with Gasteiger partial charge in [-0.15, -0.1) is 0 Å². The summed E-state index contributed by atoms with van der Waals surface area (Å²) in [6.07, 6.45) is 0. The van der Waals surface area contributed by atoms with E-state index < -0.39 is 5.63 Å². The molecule has 3 nitrogen and oxygen atoms in total. The Kier molecular flexibility index (Phi) is 2.13. The maximum atomic E-state index is 11.1. The van der Waals surface area contributed by atoms with Crippen molar-refractivity contribution in [2.45, 2.75) is 0 Å². The summed E-state index contributed by atoms with van der Waals surface area (Å²) in [6, 6.07) is 4.58. The third-order valence-electron chi connectivity index (χ3n) is 1.80. The second-order valence-electron chi connectivity index (χ2n) is 2.67. The molecule has 0 saturated carbocycles. The van der Waals surface area contributed by atoms with Crippen LogP contribution in [0, 0.1) is 0 Å². The Morgan fingerprint density at radius 1 is 1.21 bits per heavy atom. The molecular formula is C9H4Cl2O3. The van der Waals surface area contributed by atoms with Gasteiger partial charge >= 0.3 is 5.63 Å². The van der Waals surface area contributed by atoms with Crippen molar-refractivity contribution < 1.29 is 9.52 Å². The minimum Gasteiger partial charge on any atom is -0.504 e. The number of hydrogen-bond acceptors (Lipinski definition) is 3. The molecule has 0 amide bonds. The second kappa shape index (κ2) is 3.19. The molecule has 72 valence electrons. The summed E-state index contributed by atoms with van der Waals surface area (Å²) in [4.78, 5) is 11.1. The smallest absolute Gasteiger partial charge is 0.356 e. The SMILES string of the molecule is O=c1oc2c(O)cccc2c(Cl)c1Cl. The molecule has 0 fully saturated rings. The fraction of sp³-hybridized carbons (Fsp3) is 0. The maximum absolute atomic E-state index is 11.1. The van der Waals surface area contributed by atoms with Gasteiger partial charge in [0.15, 0.2) is 11.3 Å². The van der Waals surface area contributed by atoms with Gasteiger partial charge in [-0.3, -0.25) is 0 Å². The molecule has 0 bridgehead atoms. The quantitative estimate of drug-likeness (QED) is 0.709. The lowest BCUT2D eigenvalue weighted by atomic mass is 10.2. The molecule has 0 aliphatic carbocycles. The fourth-order valence-corrected chi connectivity index (χ4v) is 1.52. The fourth-order valence-electron chi connectivity index (χ4n) is 1.15. The van der Waals surface area contributed by atoms with Crippen LogP contribution in [0.3, 0.4) is 0 Å². The zero-order chi connectivity index (χ0) is 10.3. The van der Waals surface area contributed by atoms with Crippen LogP contribution in [0.25, 0.3) is 11.0 Å². The molecule has 0 radical (unpaired) electrons. The lowest BCUT2D eigenvalue weighted by Crippen LogP contribution is -1.99.